The van der Waals surface area contributed by atoms with E-state index in [2.05, 4.69) is 29.4 Å². The summed E-state index contributed by atoms with van der Waals surface area (Å²) in [5.74, 6) is -0.549. The molecular weight excluding hydrogens is 396 g/mol. The second-order valence-electron chi connectivity index (χ2n) is 7.71. The average Bonchev–Trinajstić information content (AvgIpc) is 3.23. The van der Waals surface area contributed by atoms with Crippen LogP contribution < -0.4 is 4.90 Å². The van der Waals surface area contributed by atoms with Gasteiger partial charge >= 0.3 is 0 Å². The van der Waals surface area contributed by atoms with Gasteiger partial charge in [0, 0.05) is 5.16 Å². The lowest BCUT2D eigenvalue weighted by Crippen LogP contribution is -2.32. The van der Waals surface area contributed by atoms with Crippen molar-refractivity contribution >= 4 is 0 Å². The van der Waals surface area contributed by atoms with Crippen LogP contribution in [0.1, 0.15) is 45.5 Å². The van der Waals surface area contributed by atoms with E-state index in [1.165, 1.54) is 0 Å². The lowest BCUT2D eigenvalue weighted by Gasteiger charge is -2.19. The SMILES string of the molecule is [O-][n+]1onc(C(c2ccccc2)c2ccccc2)c1C(c1ccccc1)c1ccccc1. The van der Waals surface area contributed by atoms with Crippen LogP contribution in [0.2, 0.25) is 0 Å². The lowest BCUT2D eigenvalue weighted by molar-refractivity contribution is -0.808. The minimum atomic E-state index is -0.314. The molecule has 0 spiro atoms. The summed E-state index contributed by atoms with van der Waals surface area (Å²) in [6.45, 7) is 0. The molecule has 0 amide bonds. The molecule has 0 aliphatic rings. The van der Waals surface area contributed by atoms with Crippen LogP contribution in [0, 0.1) is 5.21 Å². The Bertz CT molecular complexity index is 1190. The van der Waals surface area contributed by atoms with Gasteiger partial charge in [-0.05, 0) is 27.2 Å². The fraction of sp³-hybridized carbons (Fsp3) is 0.0714. The second kappa shape index (κ2) is 8.90. The summed E-state index contributed by atoms with van der Waals surface area (Å²) in [6.07, 6.45) is 0. The van der Waals surface area contributed by atoms with Crippen LogP contribution in [-0.4, -0.2) is 5.16 Å². The molecule has 4 nitrogen and oxygen atoms in total. The molecule has 5 rings (SSSR count). The van der Waals surface area contributed by atoms with Gasteiger partial charge in [0.1, 0.15) is 0 Å². The molecule has 0 unspecified atom stereocenters. The Morgan fingerprint density at radius 3 is 1.25 bits per heavy atom. The molecule has 0 aliphatic heterocycles. The summed E-state index contributed by atoms with van der Waals surface area (Å²) in [7, 11) is 0. The molecule has 0 radical (unpaired) electrons. The number of rotatable bonds is 6. The van der Waals surface area contributed by atoms with E-state index in [0.29, 0.717) is 16.3 Å². The predicted octanol–water partition coefficient (Wildman–Crippen LogP) is 5.67. The molecule has 5 aromatic rings. The summed E-state index contributed by atoms with van der Waals surface area (Å²) in [5.41, 5.74) is 5.23. The maximum absolute atomic E-state index is 13.1. The average molecular weight is 418 g/mol. The first kappa shape index (κ1) is 19.8. The first-order valence-electron chi connectivity index (χ1n) is 10.6. The van der Waals surface area contributed by atoms with Crippen LogP contribution in [0.5, 0.6) is 0 Å². The van der Waals surface area contributed by atoms with Crippen molar-refractivity contribution in [1.82, 2.24) is 5.16 Å². The Morgan fingerprint density at radius 1 is 0.531 bits per heavy atom. The summed E-state index contributed by atoms with van der Waals surface area (Å²) >= 11 is 0. The van der Waals surface area contributed by atoms with Gasteiger partial charge in [-0.3, -0.25) is 4.63 Å². The maximum Gasteiger partial charge on any atom is 0.234 e. The van der Waals surface area contributed by atoms with Gasteiger partial charge in [0.2, 0.25) is 11.4 Å². The third-order valence-electron chi connectivity index (χ3n) is 5.75. The van der Waals surface area contributed by atoms with Gasteiger partial charge in [-0.2, -0.15) is 0 Å². The highest BCUT2D eigenvalue weighted by Crippen LogP contribution is 2.38. The number of hydrogen-bond donors (Lipinski definition) is 0. The Kier molecular flexibility index (Phi) is 5.50. The highest BCUT2D eigenvalue weighted by molar-refractivity contribution is 5.46. The van der Waals surface area contributed by atoms with Crippen molar-refractivity contribution < 1.29 is 9.53 Å². The Balaban J connectivity index is 1.75. The van der Waals surface area contributed by atoms with Gasteiger partial charge in [-0.15, -0.1) is 0 Å². The summed E-state index contributed by atoms with van der Waals surface area (Å²) in [5, 5.41) is 17.4. The van der Waals surface area contributed by atoms with E-state index < -0.39 is 0 Å². The van der Waals surface area contributed by atoms with Crippen LogP contribution in [0.4, 0.5) is 0 Å². The Hall–Kier alpha value is -4.18. The van der Waals surface area contributed by atoms with E-state index in [0.717, 1.165) is 22.3 Å². The van der Waals surface area contributed by atoms with Crippen molar-refractivity contribution in [3.8, 4) is 0 Å². The molecule has 0 bridgehead atoms. The van der Waals surface area contributed by atoms with E-state index in [4.69, 9.17) is 4.63 Å². The Labute approximate surface area is 186 Å². The molecule has 32 heavy (non-hydrogen) atoms. The van der Waals surface area contributed by atoms with Crippen molar-refractivity contribution in [3.63, 3.8) is 0 Å². The zero-order valence-corrected chi connectivity index (χ0v) is 17.4. The molecule has 0 saturated heterocycles. The first-order chi connectivity index (χ1) is 15.8. The van der Waals surface area contributed by atoms with Gasteiger partial charge in [-0.25, -0.2) is 0 Å². The Morgan fingerprint density at radius 2 is 0.875 bits per heavy atom. The predicted molar refractivity (Wildman–Crippen MR) is 123 cm³/mol. The third-order valence-corrected chi connectivity index (χ3v) is 5.75. The van der Waals surface area contributed by atoms with E-state index in [-0.39, 0.29) is 11.8 Å². The molecule has 4 aromatic carbocycles. The van der Waals surface area contributed by atoms with Gasteiger partial charge < -0.3 is 5.21 Å². The van der Waals surface area contributed by atoms with Crippen LogP contribution >= 0.6 is 0 Å². The lowest BCUT2D eigenvalue weighted by atomic mass is 9.81. The van der Waals surface area contributed by atoms with Crippen LogP contribution in [-0.2, 0) is 0 Å². The van der Waals surface area contributed by atoms with E-state index in [1.807, 2.05) is 97.1 Å². The molecule has 4 heteroatoms. The largest absolute Gasteiger partial charge is 0.359 e. The number of benzene rings is 4. The van der Waals surface area contributed by atoms with Crippen LogP contribution in [0.25, 0.3) is 0 Å². The number of aromatic nitrogens is 2. The van der Waals surface area contributed by atoms with Gasteiger partial charge in [0.05, 0.1) is 11.8 Å². The van der Waals surface area contributed by atoms with Crippen molar-refractivity contribution in [1.29, 1.82) is 0 Å². The molecular formula is C28H22N2O2. The number of hydrogen-bond acceptors (Lipinski definition) is 3. The van der Waals surface area contributed by atoms with Gasteiger partial charge in [-0.1, -0.05) is 121 Å². The van der Waals surface area contributed by atoms with E-state index in [9.17, 15) is 5.21 Å². The standard InChI is InChI=1S/C28H22N2O2/c31-30-28(26(23-17-9-3-10-18-23)24-19-11-4-12-20-24)27(29-32-30)25(21-13-5-1-6-14-21)22-15-7-2-8-16-22/h1-20,25-26H. The minimum Gasteiger partial charge on any atom is -0.359 e. The zero-order valence-electron chi connectivity index (χ0n) is 17.4. The smallest absolute Gasteiger partial charge is 0.234 e. The van der Waals surface area contributed by atoms with E-state index in [1.54, 1.807) is 0 Å². The molecule has 0 fully saturated rings. The fourth-order valence-corrected chi connectivity index (χ4v) is 4.32. The highest BCUT2D eigenvalue weighted by atomic mass is 16.8. The third kappa shape index (κ3) is 3.79. The molecule has 156 valence electrons. The second-order valence-corrected chi connectivity index (χ2v) is 7.71. The quantitative estimate of drug-likeness (QED) is 0.334. The summed E-state index contributed by atoms with van der Waals surface area (Å²) < 4.78 is 5.25. The van der Waals surface area contributed by atoms with Crippen molar-refractivity contribution in [2.75, 3.05) is 0 Å². The topological polar surface area (TPSA) is 53.0 Å². The van der Waals surface area contributed by atoms with Crippen LogP contribution in [0.3, 0.4) is 0 Å². The first-order valence-corrected chi connectivity index (χ1v) is 10.6. The molecule has 0 aliphatic carbocycles. The molecule has 1 aromatic heterocycles. The molecule has 1 heterocycles. The molecule has 0 N–H and O–H groups in total. The maximum atomic E-state index is 13.1. The van der Waals surface area contributed by atoms with Crippen molar-refractivity contribution in [2.45, 2.75) is 11.8 Å². The van der Waals surface area contributed by atoms with E-state index >= 15 is 0 Å². The van der Waals surface area contributed by atoms with Gasteiger partial charge in [0.25, 0.3) is 0 Å². The molecule has 0 saturated carbocycles. The normalized spacial score (nSPS) is 11.2. The zero-order chi connectivity index (χ0) is 21.8. The fourth-order valence-electron chi connectivity index (χ4n) is 4.32. The minimum absolute atomic E-state index is 0.235. The number of nitrogens with zero attached hydrogens (tertiary/aromatic N) is 2. The van der Waals surface area contributed by atoms with Crippen molar-refractivity contribution in [2.24, 2.45) is 0 Å². The van der Waals surface area contributed by atoms with Gasteiger partial charge in [0.15, 0.2) is 0 Å². The van der Waals surface area contributed by atoms with Crippen LogP contribution in [0.15, 0.2) is 126 Å². The highest BCUT2D eigenvalue weighted by Gasteiger charge is 2.36. The van der Waals surface area contributed by atoms with Crippen molar-refractivity contribution in [3.05, 3.63) is 160 Å². The summed E-state index contributed by atoms with van der Waals surface area (Å²) in [4.78, 5) is 0.568. The monoisotopic (exact) mass is 418 g/mol. The summed E-state index contributed by atoms with van der Waals surface area (Å²) in [6, 6.07) is 40.3. The molecule has 0 atom stereocenters.